The molecule has 0 aliphatic carbocycles. The molecule has 292 valence electrons. The molecule has 20 nitrogen and oxygen atoms in total. The summed E-state index contributed by atoms with van der Waals surface area (Å²) in [5.41, 5.74) is -1.54. The smallest absolute Gasteiger partial charge is 0.239 e. The summed E-state index contributed by atoms with van der Waals surface area (Å²) in [6.07, 6.45) is -23.9. The third-order valence-electron chi connectivity index (χ3n) is 9.33. The molecule has 0 spiro atoms. The van der Waals surface area contributed by atoms with Crippen molar-refractivity contribution in [3.8, 4) is 40.1 Å². The van der Waals surface area contributed by atoms with E-state index in [9.17, 15) is 66.1 Å². The zero-order chi connectivity index (χ0) is 38.6. The lowest BCUT2D eigenvalue weighted by Crippen LogP contribution is -2.61. The van der Waals surface area contributed by atoms with Gasteiger partial charge in [-0.3, -0.25) is 4.79 Å². The first kappa shape index (κ1) is 38.8. The minimum atomic E-state index is -2.03. The average Bonchev–Trinajstić information content (AvgIpc) is 3.11. The normalized spacial score (nSPS) is 37.8. The molecule has 3 aliphatic heterocycles. The van der Waals surface area contributed by atoms with Crippen LogP contribution in [0.2, 0.25) is 0 Å². The number of fused-ring (bicyclic) bond motifs is 1. The summed E-state index contributed by atoms with van der Waals surface area (Å²) in [6.45, 7) is 2.18. The van der Waals surface area contributed by atoms with Crippen LogP contribution in [0.5, 0.6) is 28.7 Å². The third kappa shape index (κ3) is 7.34. The van der Waals surface area contributed by atoms with Gasteiger partial charge in [-0.05, 0) is 32.0 Å². The molecule has 3 saturated heterocycles. The molecule has 0 bridgehead atoms. The lowest BCUT2D eigenvalue weighted by atomic mass is 9.98. The van der Waals surface area contributed by atoms with Gasteiger partial charge in [0.2, 0.25) is 23.8 Å². The largest absolute Gasteiger partial charge is 0.508 e. The van der Waals surface area contributed by atoms with Gasteiger partial charge >= 0.3 is 0 Å². The summed E-state index contributed by atoms with van der Waals surface area (Å²) in [4.78, 5) is 13.9. The molecule has 6 rings (SSSR count). The van der Waals surface area contributed by atoms with E-state index in [4.69, 9.17) is 32.8 Å². The first-order valence-electron chi connectivity index (χ1n) is 16.4. The molecule has 4 heterocycles. The van der Waals surface area contributed by atoms with Crippen molar-refractivity contribution < 1.29 is 94.1 Å². The summed E-state index contributed by atoms with van der Waals surface area (Å²) >= 11 is 0. The Kier molecular flexibility index (Phi) is 11.1. The van der Waals surface area contributed by atoms with Crippen molar-refractivity contribution in [1.82, 2.24) is 0 Å². The van der Waals surface area contributed by atoms with Gasteiger partial charge in [0.15, 0.2) is 23.5 Å². The second kappa shape index (κ2) is 15.1. The molecule has 2 aromatic carbocycles. The van der Waals surface area contributed by atoms with Gasteiger partial charge in [-0.25, -0.2) is 0 Å². The van der Waals surface area contributed by atoms with Crippen LogP contribution in [0.25, 0.3) is 22.3 Å². The molecule has 53 heavy (non-hydrogen) atoms. The lowest BCUT2D eigenvalue weighted by molar-refractivity contribution is -0.318. The van der Waals surface area contributed by atoms with Crippen LogP contribution in [0.3, 0.4) is 0 Å². The predicted octanol–water partition coefficient (Wildman–Crippen LogP) is -3.19. The number of hydrogen-bond donors (Lipinski definition) is 12. The van der Waals surface area contributed by atoms with E-state index >= 15 is 0 Å². The number of aliphatic hydroxyl groups excluding tert-OH is 9. The molecule has 0 saturated carbocycles. The fourth-order valence-corrected chi connectivity index (χ4v) is 6.17. The molecule has 3 fully saturated rings. The van der Waals surface area contributed by atoms with E-state index in [0.717, 1.165) is 24.3 Å². The number of phenols is 3. The lowest BCUT2D eigenvalue weighted by Gasteiger charge is -2.42. The van der Waals surface area contributed by atoms with Gasteiger partial charge < -0.3 is 94.1 Å². The monoisotopic (exact) mass is 756 g/mol. The van der Waals surface area contributed by atoms with Gasteiger partial charge in [-0.1, -0.05) is 0 Å². The van der Waals surface area contributed by atoms with Gasteiger partial charge in [0.1, 0.15) is 83.5 Å². The van der Waals surface area contributed by atoms with Crippen molar-refractivity contribution in [3.63, 3.8) is 0 Å². The summed E-state index contributed by atoms with van der Waals surface area (Å²) in [5, 5.41) is 124. The minimum absolute atomic E-state index is 0.107. The second-order valence-electron chi connectivity index (χ2n) is 13.1. The number of hydrogen-bond acceptors (Lipinski definition) is 20. The van der Waals surface area contributed by atoms with Crippen LogP contribution in [0, 0.1) is 0 Å². The molecule has 12 N–H and O–H groups in total. The van der Waals surface area contributed by atoms with Crippen LogP contribution >= 0.6 is 0 Å². The summed E-state index contributed by atoms with van der Waals surface area (Å²) in [7, 11) is 0. The van der Waals surface area contributed by atoms with E-state index in [-0.39, 0.29) is 16.9 Å². The number of phenolic OH excluding ortho intramolecular Hbond substituents is 3. The van der Waals surface area contributed by atoms with E-state index in [1.807, 2.05) is 0 Å². The van der Waals surface area contributed by atoms with E-state index in [1.165, 1.54) is 19.9 Å². The number of ether oxygens (including phenoxy) is 6. The maximum atomic E-state index is 13.9. The number of aromatic hydroxyl groups is 3. The Balaban J connectivity index is 1.31. The van der Waals surface area contributed by atoms with Crippen molar-refractivity contribution in [3.05, 3.63) is 40.6 Å². The Morgan fingerprint density at radius 1 is 0.623 bits per heavy atom. The Bertz CT molecular complexity index is 1830. The molecule has 20 heteroatoms. The molecule has 3 aliphatic rings. The van der Waals surface area contributed by atoms with Crippen molar-refractivity contribution >= 4 is 11.0 Å². The molecule has 15 unspecified atom stereocenters. The summed E-state index contributed by atoms with van der Waals surface area (Å²) in [5.74, 6) is -3.37. The maximum absolute atomic E-state index is 13.9. The highest BCUT2D eigenvalue weighted by molar-refractivity contribution is 5.88. The van der Waals surface area contributed by atoms with E-state index in [1.54, 1.807) is 0 Å². The van der Waals surface area contributed by atoms with Gasteiger partial charge in [-0.15, -0.1) is 0 Å². The Morgan fingerprint density at radius 2 is 1.19 bits per heavy atom. The standard InChI is InChI=1S/C33H40O20/c1-9-19(37)23(41)26(44)31(48-9)47-8-17-21(39)25(43)28(46)33(52-17)53-30-22(40)18-14(36)6-12(34)7-16(18)50-29(30)11-3-4-15(13(35)5-11)51-32-27(45)24(42)20(38)10(2)49-32/h3-7,9-10,17,19-21,23-28,31-39,41-46H,8H2,1-2H3. The SMILES string of the molecule is CC1OC(OCC2OC(Oc3c(-c4ccc(OC5OC(C)C(O)C(O)C5O)c(O)c4)oc4cc(O)cc(O)c4c3=O)C(O)C(O)C2O)C(O)C(O)C1O. The van der Waals surface area contributed by atoms with Crippen LogP contribution in [0.1, 0.15) is 13.8 Å². The molecule has 3 aromatic rings. The maximum Gasteiger partial charge on any atom is 0.239 e. The first-order valence-corrected chi connectivity index (χ1v) is 16.4. The molecular formula is C33H40O20. The van der Waals surface area contributed by atoms with Crippen LogP contribution in [0.4, 0.5) is 0 Å². The fraction of sp³-hybridized carbons (Fsp3) is 0.545. The highest BCUT2D eigenvalue weighted by Crippen LogP contribution is 2.40. The zero-order valence-electron chi connectivity index (χ0n) is 27.9. The third-order valence-corrected chi connectivity index (χ3v) is 9.33. The zero-order valence-corrected chi connectivity index (χ0v) is 27.9. The van der Waals surface area contributed by atoms with Gasteiger partial charge in [0.05, 0.1) is 18.8 Å². The van der Waals surface area contributed by atoms with Crippen LogP contribution in [-0.4, -0.2) is 160 Å². The quantitative estimate of drug-likeness (QED) is 0.108. The number of benzene rings is 2. The van der Waals surface area contributed by atoms with E-state index < -0.39 is 138 Å². The van der Waals surface area contributed by atoms with E-state index in [0.29, 0.717) is 0 Å². The molecule has 0 amide bonds. The van der Waals surface area contributed by atoms with Gasteiger partial charge in [-0.2, -0.15) is 0 Å². The van der Waals surface area contributed by atoms with Crippen LogP contribution < -0.4 is 14.9 Å². The van der Waals surface area contributed by atoms with Crippen LogP contribution in [0.15, 0.2) is 39.5 Å². The van der Waals surface area contributed by atoms with Crippen molar-refractivity contribution in [1.29, 1.82) is 0 Å². The Morgan fingerprint density at radius 3 is 1.81 bits per heavy atom. The van der Waals surface area contributed by atoms with E-state index in [2.05, 4.69) is 0 Å². The van der Waals surface area contributed by atoms with Gasteiger partial charge in [0, 0.05) is 17.7 Å². The molecule has 1 aromatic heterocycles. The molecular weight excluding hydrogens is 716 g/mol. The Labute approximate surface area is 298 Å². The van der Waals surface area contributed by atoms with Crippen molar-refractivity contribution in [2.45, 2.75) is 106 Å². The highest BCUT2D eigenvalue weighted by atomic mass is 16.7. The second-order valence-corrected chi connectivity index (χ2v) is 13.1. The number of aliphatic hydroxyl groups is 9. The molecule has 0 radical (unpaired) electrons. The molecule has 15 atom stereocenters. The summed E-state index contributed by atoms with van der Waals surface area (Å²) < 4.78 is 39.1. The predicted molar refractivity (Wildman–Crippen MR) is 172 cm³/mol. The summed E-state index contributed by atoms with van der Waals surface area (Å²) in [6, 6.07) is 5.27. The average molecular weight is 757 g/mol. The van der Waals surface area contributed by atoms with Crippen molar-refractivity contribution in [2.75, 3.05) is 6.61 Å². The first-order chi connectivity index (χ1) is 25.0. The Hall–Kier alpha value is -3.87. The highest BCUT2D eigenvalue weighted by Gasteiger charge is 2.48. The van der Waals surface area contributed by atoms with Gasteiger partial charge in [0.25, 0.3) is 0 Å². The van der Waals surface area contributed by atoms with Crippen molar-refractivity contribution in [2.24, 2.45) is 0 Å². The fourth-order valence-electron chi connectivity index (χ4n) is 6.17. The topological polar surface area (TPSA) is 328 Å². The minimum Gasteiger partial charge on any atom is -0.508 e. The van der Waals surface area contributed by atoms with Crippen LogP contribution in [-0.2, 0) is 18.9 Å². The number of rotatable bonds is 8.